The zero-order chi connectivity index (χ0) is 11.8. The summed E-state index contributed by atoms with van der Waals surface area (Å²) in [6.07, 6.45) is 0.959. The molecule has 0 spiro atoms. The zero-order valence-corrected chi connectivity index (χ0v) is 10.9. The van der Waals surface area contributed by atoms with Crippen LogP contribution in [0.25, 0.3) is 0 Å². The molecule has 0 radical (unpaired) electrons. The molecule has 0 saturated carbocycles. The van der Waals surface area contributed by atoms with Gasteiger partial charge in [0.2, 0.25) is 0 Å². The smallest absolute Gasteiger partial charge is 0.127 e. The van der Waals surface area contributed by atoms with E-state index in [1.54, 1.807) is 0 Å². The summed E-state index contributed by atoms with van der Waals surface area (Å²) in [5.41, 5.74) is 0.997. The number of hydrogen-bond donors (Lipinski definition) is 0. The van der Waals surface area contributed by atoms with E-state index >= 15 is 0 Å². The summed E-state index contributed by atoms with van der Waals surface area (Å²) in [5.74, 6) is 1.45. The molecule has 0 aliphatic rings. The fraction of sp³-hybridized carbons (Fsp3) is 0.500. The number of ether oxygens (including phenoxy) is 2. The molecule has 16 heavy (non-hydrogen) atoms. The van der Waals surface area contributed by atoms with Crippen LogP contribution in [-0.2, 0) is 5.33 Å². The summed E-state index contributed by atoms with van der Waals surface area (Å²) in [6, 6.07) is 5.63. The van der Waals surface area contributed by atoms with E-state index in [-0.39, 0.29) is 6.61 Å². The van der Waals surface area contributed by atoms with Crippen molar-refractivity contribution in [3.63, 3.8) is 0 Å². The molecule has 0 aliphatic heterocycles. The molecule has 1 aromatic rings. The third kappa shape index (κ3) is 4.00. The summed E-state index contributed by atoms with van der Waals surface area (Å²) in [6.45, 7) is 2.32. The summed E-state index contributed by atoms with van der Waals surface area (Å²) in [5, 5.41) is 0.683. The first kappa shape index (κ1) is 13.3. The molecule has 0 aliphatic carbocycles. The highest BCUT2D eigenvalue weighted by Gasteiger charge is 2.05. The van der Waals surface area contributed by atoms with E-state index < -0.39 is 6.67 Å². The highest BCUT2D eigenvalue weighted by Crippen LogP contribution is 2.26. The lowest BCUT2D eigenvalue weighted by atomic mass is 10.2. The van der Waals surface area contributed by atoms with Crippen molar-refractivity contribution in [2.75, 3.05) is 19.9 Å². The molecule has 0 fully saturated rings. The van der Waals surface area contributed by atoms with Crippen LogP contribution in [0.3, 0.4) is 0 Å². The molecular weight excluding hydrogens is 275 g/mol. The van der Waals surface area contributed by atoms with Crippen LogP contribution in [-0.4, -0.2) is 19.9 Å². The maximum Gasteiger partial charge on any atom is 0.127 e. The molecule has 0 amide bonds. The summed E-state index contributed by atoms with van der Waals surface area (Å²) in [4.78, 5) is 0. The van der Waals surface area contributed by atoms with E-state index in [1.807, 2.05) is 25.1 Å². The van der Waals surface area contributed by atoms with Gasteiger partial charge in [0, 0.05) is 17.0 Å². The average Bonchev–Trinajstić information content (AvgIpc) is 2.33. The van der Waals surface area contributed by atoms with Crippen LogP contribution < -0.4 is 9.47 Å². The predicted molar refractivity (Wildman–Crippen MR) is 66.3 cm³/mol. The molecule has 90 valence electrons. The van der Waals surface area contributed by atoms with Crippen LogP contribution in [0.1, 0.15) is 18.9 Å². The summed E-state index contributed by atoms with van der Waals surface area (Å²) in [7, 11) is 0. The van der Waals surface area contributed by atoms with Crippen LogP contribution in [0.5, 0.6) is 11.5 Å². The Morgan fingerprint density at radius 3 is 2.69 bits per heavy atom. The van der Waals surface area contributed by atoms with Gasteiger partial charge in [-0.1, -0.05) is 28.9 Å². The highest BCUT2D eigenvalue weighted by molar-refractivity contribution is 9.08. The van der Waals surface area contributed by atoms with Crippen molar-refractivity contribution in [1.82, 2.24) is 0 Å². The lowest BCUT2D eigenvalue weighted by molar-refractivity contribution is 0.268. The summed E-state index contributed by atoms with van der Waals surface area (Å²) < 4.78 is 22.8. The lowest BCUT2D eigenvalue weighted by Crippen LogP contribution is -2.02. The van der Waals surface area contributed by atoms with Crippen molar-refractivity contribution in [1.29, 1.82) is 0 Å². The molecule has 0 atom stereocenters. The Hall–Kier alpha value is -0.770. The topological polar surface area (TPSA) is 18.5 Å². The van der Waals surface area contributed by atoms with Crippen molar-refractivity contribution < 1.29 is 13.9 Å². The fourth-order valence-corrected chi connectivity index (χ4v) is 1.70. The van der Waals surface area contributed by atoms with Gasteiger partial charge in [-0.25, -0.2) is 4.39 Å². The molecule has 1 rings (SSSR count). The third-order valence-corrected chi connectivity index (χ3v) is 2.59. The molecule has 0 unspecified atom stereocenters. The first-order valence-electron chi connectivity index (χ1n) is 5.32. The van der Waals surface area contributed by atoms with Gasteiger partial charge >= 0.3 is 0 Å². The Morgan fingerprint density at radius 2 is 2.06 bits per heavy atom. The van der Waals surface area contributed by atoms with E-state index in [2.05, 4.69) is 15.9 Å². The maximum absolute atomic E-state index is 12.0. The zero-order valence-electron chi connectivity index (χ0n) is 9.34. The normalized spacial score (nSPS) is 10.2. The van der Waals surface area contributed by atoms with Gasteiger partial charge in [-0.2, -0.15) is 0 Å². The molecule has 0 saturated heterocycles. The number of rotatable bonds is 7. The first-order valence-corrected chi connectivity index (χ1v) is 6.44. The number of halogens is 2. The minimum absolute atomic E-state index is 0.0806. The number of benzene rings is 1. The Bertz CT molecular complexity index is 318. The van der Waals surface area contributed by atoms with E-state index in [9.17, 15) is 4.39 Å². The largest absolute Gasteiger partial charge is 0.493 e. The van der Waals surface area contributed by atoms with Gasteiger partial charge in [-0.15, -0.1) is 0 Å². The van der Waals surface area contributed by atoms with Crippen molar-refractivity contribution in [2.24, 2.45) is 0 Å². The second-order valence-corrected chi connectivity index (χ2v) is 3.85. The molecule has 0 N–H and O–H groups in total. The van der Waals surface area contributed by atoms with Gasteiger partial charge in [-0.3, -0.25) is 0 Å². The van der Waals surface area contributed by atoms with Crippen LogP contribution in [0.15, 0.2) is 18.2 Å². The fourth-order valence-electron chi connectivity index (χ4n) is 1.24. The van der Waals surface area contributed by atoms with E-state index in [4.69, 9.17) is 9.47 Å². The van der Waals surface area contributed by atoms with Gasteiger partial charge in [0.05, 0.1) is 6.61 Å². The highest BCUT2D eigenvalue weighted by atomic mass is 79.9. The van der Waals surface area contributed by atoms with Gasteiger partial charge < -0.3 is 9.47 Å². The van der Waals surface area contributed by atoms with Gasteiger partial charge in [0.15, 0.2) is 0 Å². The van der Waals surface area contributed by atoms with E-state index in [0.717, 1.165) is 17.7 Å². The van der Waals surface area contributed by atoms with Crippen molar-refractivity contribution >= 4 is 15.9 Å². The molecule has 0 heterocycles. The van der Waals surface area contributed by atoms with Gasteiger partial charge in [0.1, 0.15) is 24.8 Å². The molecular formula is C12H16BrFO2. The molecule has 0 bridgehead atoms. The monoisotopic (exact) mass is 290 g/mol. The van der Waals surface area contributed by atoms with Gasteiger partial charge in [-0.05, 0) is 12.5 Å². The van der Waals surface area contributed by atoms with Gasteiger partial charge in [0.25, 0.3) is 0 Å². The van der Waals surface area contributed by atoms with E-state index in [1.165, 1.54) is 0 Å². The molecule has 2 nitrogen and oxygen atoms in total. The number of alkyl halides is 2. The third-order valence-electron chi connectivity index (χ3n) is 1.99. The SMILES string of the molecule is CCCOc1ccc(CBr)c(OCCF)c1. The lowest BCUT2D eigenvalue weighted by Gasteiger charge is -2.11. The van der Waals surface area contributed by atoms with E-state index in [0.29, 0.717) is 17.7 Å². The Labute approximate surface area is 104 Å². The Morgan fingerprint density at radius 1 is 1.25 bits per heavy atom. The van der Waals surface area contributed by atoms with Crippen molar-refractivity contribution in [2.45, 2.75) is 18.7 Å². The molecule has 0 aromatic heterocycles. The Balaban J connectivity index is 2.74. The van der Waals surface area contributed by atoms with Crippen LogP contribution in [0.4, 0.5) is 4.39 Å². The van der Waals surface area contributed by atoms with Crippen molar-refractivity contribution in [3.8, 4) is 11.5 Å². The minimum Gasteiger partial charge on any atom is -0.493 e. The first-order chi connectivity index (χ1) is 7.81. The Kier molecular flexibility index (Phi) is 6.23. The standard InChI is InChI=1S/C12H16BrFO2/c1-2-6-15-11-4-3-10(9-13)12(8-11)16-7-5-14/h3-4,8H,2,5-7,9H2,1H3. The summed E-state index contributed by atoms with van der Waals surface area (Å²) >= 11 is 3.36. The second-order valence-electron chi connectivity index (χ2n) is 3.29. The second kappa shape index (κ2) is 7.49. The predicted octanol–water partition coefficient (Wildman–Crippen LogP) is 3.72. The van der Waals surface area contributed by atoms with Crippen LogP contribution in [0, 0.1) is 0 Å². The average molecular weight is 291 g/mol. The molecule has 4 heteroatoms. The molecule has 1 aromatic carbocycles. The van der Waals surface area contributed by atoms with Crippen LogP contribution >= 0.6 is 15.9 Å². The van der Waals surface area contributed by atoms with Crippen molar-refractivity contribution in [3.05, 3.63) is 23.8 Å². The maximum atomic E-state index is 12.0. The number of hydrogen-bond acceptors (Lipinski definition) is 2. The minimum atomic E-state index is -0.484. The van der Waals surface area contributed by atoms with Crippen LogP contribution in [0.2, 0.25) is 0 Å². The quantitative estimate of drug-likeness (QED) is 0.713.